The van der Waals surface area contributed by atoms with Gasteiger partial charge in [-0.05, 0) is 47.8 Å². The number of halogens is 1. The van der Waals surface area contributed by atoms with Gasteiger partial charge < -0.3 is 0 Å². The van der Waals surface area contributed by atoms with Gasteiger partial charge in [-0.2, -0.15) is 11.8 Å². The normalized spacial score (nSPS) is 16.4. The SMILES string of the molecule is O=C(CC1CCSCC1)c1ccc(F)c2ccccc12. The molecule has 0 aromatic heterocycles. The largest absolute Gasteiger partial charge is 0.294 e. The van der Waals surface area contributed by atoms with Crippen molar-refractivity contribution in [3.05, 3.63) is 47.8 Å². The van der Waals surface area contributed by atoms with Crippen LogP contribution in [0.25, 0.3) is 10.8 Å². The third-order valence-electron chi connectivity index (χ3n) is 3.99. The maximum atomic E-state index is 13.8. The Labute approximate surface area is 122 Å². The molecule has 0 saturated carbocycles. The molecule has 1 aliphatic rings. The molecule has 1 fully saturated rings. The van der Waals surface area contributed by atoms with Crippen molar-refractivity contribution in [3.63, 3.8) is 0 Å². The molecule has 0 spiro atoms. The molecule has 0 bridgehead atoms. The van der Waals surface area contributed by atoms with E-state index in [0.717, 1.165) is 29.7 Å². The molecule has 3 rings (SSSR count). The summed E-state index contributed by atoms with van der Waals surface area (Å²) in [6.07, 6.45) is 2.83. The molecule has 2 aromatic rings. The molecule has 20 heavy (non-hydrogen) atoms. The number of benzene rings is 2. The maximum Gasteiger partial charge on any atom is 0.163 e. The van der Waals surface area contributed by atoms with Crippen molar-refractivity contribution in [2.24, 2.45) is 5.92 Å². The molecular weight excluding hydrogens is 271 g/mol. The van der Waals surface area contributed by atoms with Crippen LogP contribution in [0.5, 0.6) is 0 Å². The summed E-state index contributed by atoms with van der Waals surface area (Å²) in [5, 5.41) is 1.28. The van der Waals surface area contributed by atoms with Crippen LogP contribution in [0.2, 0.25) is 0 Å². The number of hydrogen-bond donors (Lipinski definition) is 0. The zero-order chi connectivity index (χ0) is 13.9. The van der Waals surface area contributed by atoms with E-state index < -0.39 is 0 Å². The zero-order valence-corrected chi connectivity index (χ0v) is 12.1. The highest BCUT2D eigenvalue weighted by molar-refractivity contribution is 7.99. The van der Waals surface area contributed by atoms with E-state index in [0.29, 0.717) is 23.3 Å². The van der Waals surface area contributed by atoms with Crippen LogP contribution in [-0.2, 0) is 0 Å². The van der Waals surface area contributed by atoms with Crippen LogP contribution in [0, 0.1) is 11.7 Å². The molecule has 0 aliphatic carbocycles. The van der Waals surface area contributed by atoms with Crippen molar-refractivity contribution in [3.8, 4) is 0 Å². The molecule has 104 valence electrons. The number of carbonyl (C=O) groups excluding carboxylic acids is 1. The van der Waals surface area contributed by atoms with E-state index in [1.807, 2.05) is 23.9 Å². The molecule has 0 N–H and O–H groups in total. The lowest BCUT2D eigenvalue weighted by Crippen LogP contribution is -2.14. The van der Waals surface area contributed by atoms with Crippen LogP contribution in [0.1, 0.15) is 29.6 Å². The van der Waals surface area contributed by atoms with Gasteiger partial charge in [-0.25, -0.2) is 4.39 Å². The molecule has 0 radical (unpaired) electrons. The van der Waals surface area contributed by atoms with Gasteiger partial charge in [0, 0.05) is 17.4 Å². The predicted molar refractivity (Wildman–Crippen MR) is 82.9 cm³/mol. The van der Waals surface area contributed by atoms with Crippen molar-refractivity contribution >= 4 is 28.3 Å². The average Bonchev–Trinajstić information content (AvgIpc) is 2.49. The molecule has 1 aliphatic heterocycles. The standard InChI is InChI=1S/C17H17FOS/c18-16-6-5-15(13-3-1-2-4-14(13)16)17(19)11-12-7-9-20-10-8-12/h1-6,12H,7-11H2. The lowest BCUT2D eigenvalue weighted by atomic mass is 9.91. The van der Waals surface area contributed by atoms with Gasteiger partial charge in [0.05, 0.1) is 0 Å². The van der Waals surface area contributed by atoms with Gasteiger partial charge in [0.15, 0.2) is 5.78 Å². The van der Waals surface area contributed by atoms with E-state index in [2.05, 4.69) is 0 Å². The highest BCUT2D eigenvalue weighted by Gasteiger charge is 2.20. The molecule has 0 atom stereocenters. The van der Waals surface area contributed by atoms with Gasteiger partial charge in [-0.1, -0.05) is 24.3 Å². The average molecular weight is 288 g/mol. The number of carbonyl (C=O) groups is 1. The van der Waals surface area contributed by atoms with Gasteiger partial charge in [-0.15, -0.1) is 0 Å². The van der Waals surface area contributed by atoms with E-state index in [4.69, 9.17) is 0 Å². The summed E-state index contributed by atoms with van der Waals surface area (Å²) < 4.78 is 13.8. The van der Waals surface area contributed by atoms with Gasteiger partial charge in [0.2, 0.25) is 0 Å². The molecular formula is C17H17FOS. The molecule has 1 heterocycles. The summed E-state index contributed by atoms with van der Waals surface area (Å²) in [4.78, 5) is 12.5. The van der Waals surface area contributed by atoms with Gasteiger partial charge in [-0.3, -0.25) is 4.79 Å². The summed E-state index contributed by atoms with van der Waals surface area (Å²) in [5.41, 5.74) is 0.667. The maximum absolute atomic E-state index is 13.8. The summed E-state index contributed by atoms with van der Waals surface area (Å²) >= 11 is 1.97. The van der Waals surface area contributed by atoms with E-state index in [-0.39, 0.29) is 11.6 Å². The molecule has 1 nitrogen and oxygen atoms in total. The minimum absolute atomic E-state index is 0.151. The Bertz CT molecular complexity index is 632. The van der Waals surface area contributed by atoms with Crippen molar-refractivity contribution in [1.82, 2.24) is 0 Å². The van der Waals surface area contributed by atoms with Crippen molar-refractivity contribution in [2.45, 2.75) is 19.3 Å². The van der Waals surface area contributed by atoms with Crippen molar-refractivity contribution in [2.75, 3.05) is 11.5 Å². The summed E-state index contributed by atoms with van der Waals surface area (Å²) in [6.45, 7) is 0. The lowest BCUT2D eigenvalue weighted by Gasteiger charge is -2.20. The monoisotopic (exact) mass is 288 g/mol. The predicted octanol–water partition coefficient (Wildman–Crippen LogP) is 4.69. The van der Waals surface area contributed by atoms with Crippen LogP contribution in [0.15, 0.2) is 36.4 Å². The summed E-state index contributed by atoms with van der Waals surface area (Å²) in [7, 11) is 0. The second-order valence-electron chi connectivity index (χ2n) is 5.32. The smallest absolute Gasteiger partial charge is 0.163 e. The third kappa shape index (κ3) is 2.73. The Kier molecular flexibility index (Phi) is 4.06. The van der Waals surface area contributed by atoms with Crippen molar-refractivity contribution in [1.29, 1.82) is 0 Å². The van der Waals surface area contributed by atoms with Crippen LogP contribution in [0.4, 0.5) is 4.39 Å². The Hall–Kier alpha value is -1.35. The zero-order valence-electron chi connectivity index (χ0n) is 11.3. The highest BCUT2D eigenvalue weighted by Crippen LogP contribution is 2.29. The number of thioether (sulfide) groups is 1. The van der Waals surface area contributed by atoms with E-state index in [1.54, 1.807) is 18.2 Å². The Morgan fingerprint density at radius 3 is 2.55 bits per heavy atom. The number of hydrogen-bond acceptors (Lipinski definition) is 2. The molecule has 1 saturated heterocycles. The van der Waals surface area contributed by atoms with Gasteiger partial charge in [0.1, 0.15) is 5.82 Å². The van der Waals surface area contributed by atoms with Crippen LogP contribution < -0.4 is 0 Å². The van der Waals surface area contributed by atoms with E-state index in [9.17, 15) is 9.18 Å². The Morgan fingerprint density at radius 1 is 1.10 bits per heavy atom. The molecule has 3 heteroatoms. The topological polar surface area (TPSA) is 17.1 Å². The second kappa shape index (κ2) is 5.96. The minimum Gasteiger partial charge on any atom is -0.294 e. The van der Waals surface area contributed by atoms with E-state index in [1.165, 1.54) is 6.07 Å². The Balaban J connectivity index is 1.89. The Morgan fingerprint density at radius 2 is 1.80 bits per heavy atom. The summed E-state index contributed by atoms with van der Waals surface area (Å²) in [5.74, 6) is 2.70. The third-order valence-corrected chi connectivity index (χ3v) is 5.03. The molecule has 0 amide bonds. The number of Topliss-reactive ketones (excluding diaryl/α,β-unsaturated/α-hetero) is 1. The first-order valence-corrected chi connectivity index (χ1v) is 8.19. The highest BCUT2D eigenvalue weighted by atomic mass is 32.2. The fourth-order valence-corrected chi connectivity index (χ4v) is 4.03. The fourth-order valence-electron chi connectivity index (χ4n) is 2.83. The van der Waals surface area contributed by atoms with Crippen LogP contribution in [0.3, 0.4) is 0 Å². The number of ketones is 1. The van der Waals surface area contributed by atoms with E-state index >= 15 is 0 Å². The van der Waals surface area contributed by atoms with Crippen LogP contribution in [-0.4, -0.2) is 17.3 Å². The number of fused-ring (bicyclic) bond motifs is 1. The fraction of sp³-hybridized carbons (Fsp3) is 0.353. The second-order valence-corrected chi connectivity index (χ2v) is 6.55. The van der Waals surface area contributed by atoms with Gasteiger partial charge in [0.25, 0.3) is 0 Å². The quantitative estimate of drug-likeness (QED) is 0.762. The van der Waals surface area contributed by atoms with Gasteiger partial charge >= 0.3 is 0 Å². The van der Waals surface area contributed by atoms with Crippen LogP contribution >= 0.6 is 11.8 Å². The number of rotatable bonds is 3. The first-order chi connectivity index (χ1) is 9.75. The van der Waals surface area contributed by atoms with Crippen molar-refractivity contribution < 1.29 is 9.18 Å². The minimum atomic E-state index is -0.258. The summed E-state index contributed by atoms with van der Waals surface area (Å²) in [6, 6.07) is 10.3. The molecule has 2 aromatic carbocycles. The lowest BCUT2D eigenvalue weighted by molar-refractivity contribution is 0.0960. The first-order valence-electron chi connectivity index (χ1n) is 7.04. The first kappa shape index (κ1) is 13.6. The molecule has 0 unspecified atom stereocenters.